The zero-order valence-corrected chi connectivity index (χ0v) is 42.9. The van der Waals surface area contributed by atoms with E-state index >= 15 is 8.78 Å². The van der Waals surface area contributed by atoms with Crippen LogP contribution >= 0.6 is 23.2 Å². The maximum Gasteiger partial charge on any atom is 0.258 e. The molecule has 20 heteroatoms. The van der Waals surface area contributed by atoms with E-state index in [0.29, 0.717) is 139 Å². The number of hydrogen-bond donors (Lipinski definition) is 4. The normalized spacial score (nSPS) is 15.6. The van der Waals surface area contributed by atoms with E-state index in [4.69, 9.17) is 39.4 Å². The van der Waals surface area contributed by atoms with Gasteiger partial charge >= 0.3 is 0 Å². The van der Waals surface area contributed by atoms with Crippen LogP contribution in [0.3, 0.4) is 0 Å². The Kier molecular flexibility index (Phi) is 17.3. The Morgan fingerprint density at radius 2 is 1.30 bits per heavy atom. The molecule has 8 rings (SSSR count). The Balaban J connectivity index is 0.904. The summed E-state index contributed by atoms with van der Waals surface area (Å²) < 4.78 is 38.2. The number of hydrogen-bond acceptors (Lipinski definition) is 15. The molecule has 2 aliphatic heterocycles. The van der Waals surface area contributed by atoms with Gasteiger partial charge in [-0.15, -0.1) is 0 Å². The summed E-state index contributed by atoms with van der Waals surface area (Å²) in [4.78, 5) is 47.6. The summed E-state index contributed by atoms with van der Waals surface area (Å²) in [5, 5.41) is 21.0. The Morgan fingerprint density at radius 1 is 0.716 bits per heavy atom. The molecular formula is C54H56Cl2F2N12O4. The van der Waals surface area contributed by atoms with Gasteiger partial charge in [0.25, 0.3) is 5.91 Å². The molecule has 0 spiro atoms. The SMILES string of the molecule is CCc1ncnc(-c2cc(F)c(C(=O)N3CCN(C(C)COc4cc(C#Cc5c(CC)ncnc5-c5cc(F)c(C(O)N6CCN(CC(C)O)CC6)c(Cl)c5)cnc4N)CC3)c(Cl)c2)c1C#Cc1ccc(N)nc1. The van der Waals surface area contributed by atoms with Gasteiger partial charge in [0, 0.05) is 111 Å². The Hall–Kier alpha value is -6.87. The number of carbonyl (C=O) groups excluding carboxylic acids is 1. The number of aliphatic hydroxyl groups is 2. The van der Waals surface area contributed by atoms with Crippen molar-refractivity contribution in [1.29, 1.82) is 0 Å². The van der Waals surface area contributed by atoms with Crippen LogP contribution in [0.5, 0.6) is 5.75 Å². The summed E-state index contributed by atoms with van der Waals surface area (Å²) in [6.07, 6.45) is 5.18. The van der Waals surface area contributed by atoms with Gasteiger partial charge < -0.3 is 31.3 Å². The lowest BCUT2D eigenvalue weighted by Gasteiger charge is -2.38. The molecule has 3 unspecified atom stereocenters. The number of ether oxygens (including phenoxy) is 1. The predicted octanol–water partition coefficient (Wildman–Crippen LogP) is 6.28. The number of rotatable bonds is 13. The standard InChI is InChI=1S/C54H56Cl2F2N12O4/c1-5-44-38(10-7-34-9-12-47(59)61-26-34)50(65-30-63-44)36-22-41(56)49(43(58)24-36)54(73)70-19-17-68(18-20-70)32(3)29-74-46-21-35(27-62-52(46)60)8-11-39-45(6-2)64-31-66-51(39)37-23-40(55)48(42(57)25-37)53(72)69-15-13-67(14-16-69)28-33(4)71/h9,12,21-27,30-33,53,71-72H,5-6,13-20,28-29H2,1-4H3,(H2,59,61)(H2,60,62). The topological polar surface area (TPSA) is 209 Å². The van der Waals surface area contributed by atoms with E-state index in [1.807, 2.05) is 20.8 Å². The van der Waals surface area contributed by atoms with Crippen LogP contribution in [0.1, 0.15) is 83.5 Å². The lowest BCUT2D eigenvalue weighted by Crippen LogP contribution is -2.52. The van der Waals surface area contributed by atoms with Crippen LogP contribution in [0.4, 0.5) is 20.4 Å². The summed E-state index contributed by atoms with van der Waals surface area (Å²) in [6.45, 7) is 12.1. The van der Waals surface area contributed by atoms with Gasteiger partial charge in [-0.25, -0.2) is 38.7 Å². The van der Waals surface area contributed by atoms with Crippen LogP contribution in [0, 0.1) is 35.3 Å². The molecule has 384 valence electrons. The van der Waals surface area contributed by atoms with Crippen molar-refractivity contribution in [3.05, 3.63) is 134 Å². The van der Waals surface area contributed by atoms with Crippen molar-refractivity contribution < 1.29 is 28.5 Å². The second-order valence-corrected chi connectivity index (χ2v) is 18.9. The zero-order valence-electron chi connectivity index (χ0n) is 41.4. The minimum Gasteiger partial charge on any atom is -0.488 e. The first-order chi connectivity index (χ1) is 35.6. The molecule has 2 fully saturated rings. The summed E-state index contributed by atoms with van der Waals surface area (Å²) >= 11 is 13.4. The lowest BCUT2D eigenvalue weighted by molar-refractivity contribution is -0.0341. The second kappa shape index (κ2) is 24.0. The van der Waals surface area contributed by atoms with Gasteiger partial charge in [0.1, 0.15) is 42.9 Å². The van der Waals surface area contributed by atoms with E-state index < -0.39 is 29.9 Å². The summed E-state index contributed by atoms with van der Waals surface area (Å²) in [5.74, 6) is 11.3. The highest BCUT2D eigenvalue weighted by Crippen LogP contribution is 2.35. The van der Waals surface area contributed by atoms with Gasteiger partial charge in [-0.3, -0.25) is 19.5 Å². The first-order valence-corrected chi connectivity index (χ1v) is 25.0. The van der Waals surface area contributed by atoms with E-state index in [1.54, 1.807) is 47.2 Å². The maximum atomic E-state index is 16.0. The fraction of sp³-hybridized carbons (Fsp3) is 0.352. The summed E-state index contributed by atoms with van der Waals surface area (Å²) in [7, 11) is 0. The molecule has 6 heterocycles. The number of aliphatic hydroxyl groups excluding tert-OH is 2. The predicted molar refractivity (Wildman–Crippen MR) is 280 cm³/mol. The van der Waals surface area contributed by atoms with Crippen LogP contribution in [0.25, 0.3) is 22.5 Å². The molecule has 2 aliphatic rings. The number of aryl methyl sites for hydroxylation is 2. The number of amides is 1. The summed E-state index contributed by atoms with van der Waals surface area (Å²) in [6, 6.07) is 10.6. The number of pyridine rings is 2. The number of carbonyl (C=O) groups is 1. The largest absolute Gasteiger partial charge is 0.488 e. The van der Waals surface area contributed by atoms with Crippen LogP contribution in [0.15, 0.2) is 67.5 Å². The molecule has 16 nitrogen and oxygen atoms in total. The quantitative estimate of drug-likeness (QED) is 0.0939. The van der Waals surface area contributed by atoms with E-state index in [1.165, 1.54) is 37.1 Å². The summed E-state index contributed by atoms with van der Waals surface area (Å²) in [5.41, 5.74) is 16.6. The molecule has 0 aliphatic carbocycles. The fourth-order valence-electron chi connectivity index (χ4n) is 8.94. The van der Waals surface area contributed by atoms with Gasteiger partial charge in [0.2, 0.25) is 0 Å². The third-order valence-electron chi connectivity index (χ3n) is 13.0. The second-order valence-electron chi connectivity index (χ2n) is 18.1. The molecule has 3 atom stereocenters. The van der Waals surface area contributed by atoms with Gasteiger partial charge in [-0.1, -0.05) is 60.7 Å². The van der Waals surface area contributed by atoms with Crippen molar-refractivity contribution in [3.8, 4) is 51.9 Å². The van der Waals surface area contributed by atoms with Crippen LogP contribution in [-0.4, -0.2) is 143 Å². The molecule has 74 heavy (non-hydrogen) atoms. The minimum atomic E-state index is -1.27. The molecule has 0 saturated carbocycles. The average Bonchev–Trinajstić information content (AvgIpc) is 3.39. The van der Waals surface area contributed by atoms with Crippen LogP contribution in [0.2, 0.25) is 10.0 Å². The number of anilines is 2. The molecule has 4 aromatic heterocycles. The molecule has 1 amide bonds. The van der Waals surface area contributed by atoms with E-state index in [0.717, 1.165) is 0 Å². The van der Waals surface area contributed by atoms with Crippen molar-refractivity contribution in [2.75, 3.05) is 77.0 Å². The monoisotopic (exact) mass is 1040 g/mol. The molecule has 0 bridgehead atoms. The van der Waals surface area contributed by atoms with Gasteiger partial charge in [0.15, 0.2) is 11.6 Å². The number of halogens is 4. The number of nitrogens with two attached hydrogens (primary N) is 2. The van der Waals surface area contributed by atoms with Crippen molar-refractivity contribution in [2.45, 2.75) is 58.9 Å². The Labute approximate surface area is 438 Å². The molecule has 0 radical (unpaired) electrons. The van der Waals surface area contributed by atoms with Crippen LogP contribution < -0.4 is 16.2 Å². The van der Waals surface area contributed by atoms with Gasteiger partial charge in [-0.05, 0) is 63.1 Å². The highest BCUT2D eigenvalue weighted by Gasteiger charge is 2.31. The average molecular weight is 1050 g/mol. The van der Waals surface area contributed by atoms with E-state index in [2.05, 4.69) is 63.4 Å². The Morgan fingerprint density at radius 3 is 1.86 bits per heavy atom. The van der Waals surface area contributed by atoms with Crippen molar-refractivity contribution in [2.24, 2.45) is 0 Å². The smallest absolute Gasteiger partial charge is 0.258 e. The van der Waals surface area contributed by atoms with E-state index in [9.17, 15) is 15.0 Å². The first-order valence-electron chi connectivity index (χ1n) is 24.3. The fourth-order valence-corrected chi connectivity index (χ4v) is 9.53. The van der Waals surface area contributed by atoms with Crippen LogP contribution in [-0.2, 0) is 12.8 Å². The zero-order chi connectivity index (χ0) is 52.6. The molecular weight excluding hydrogens is 990 g/mol. The van der Waals surface area contributed by atoms with E-state index in [-0.39, 0.29) is 39.6 Å². The number of aromatic nitrogens is 6. The van der Waals surface area contributed by atoms with Crippen molar-refractivity contribution in [1.82, 2.24) is 49.5 Å². The number of nitrogen functional groups attached to an aromatic ring is 2. The van der Waals surface area contributed by atoms with Crippen molar-refractivity contribution in [3.63, 3.8) is 0 Å². The Bertz CT molecular complexity index is 3100. The number of piperazine rings is 2. The minimum absolute atomic E-state index is 0.0261. The maximum absolute atomic E-state index is 16.0. The third-order valence-corrected chi connectivity index (χ3v) is 13.6. The number of nitrogens with zero attached hydrogens (tertiary/aromatic N) is 10. The molecule has 2 saturated heterocycles. The number of β-amino-alcohol motifs (C(OH)–C–C–N with tert-alkyl or cyclic N) is 1. The molecule has 2 aromatic carbocycles. The number of benzene rings is 2. The lowest BCUT2D eigenvalue weighted by atomic mass is 10.0. The first kappa shape index (κ1) is 53.4. The van der Waals surface area contributed by atoms with Crippen molar-refractivity contribution >= 4 is 40.7 Å². The molecule has 6 N–H and O–H groups in total. The molecule has 6 aromatic rings. The van der Waals surface area contributed by atoms with Gasteiger partial charge in [-0.2, -0.15) is 0 Å². The highest BCUT2D eigenvalue weighted by molar-refractivity contribution is 6.34. The van der Waals surface area contributed by atoms with Gasteiger partial charge in [0.05, 0.1) is 55.6 Å². The third kappa shape index (κ3) is 12.4. The highest BCUT2D eigenvalue weighted by atomic mass is 35.5.